The van der Waals surface area contributed by atoms with E-state index in [0.29, 0.717) is 5.82 Å². The molecule has 2 atom stereocenters. The molecule has 0 aromatic carbocycles. The summed E-state index contributed by atoms with van der Waals surface area (Å²) in [5.41, 5.74) is 0. The first-order valence-electron chi connectivity index (χ1n) is 5.89. The normalized spacial score (nSPS) is 22.2. The summed E-state index contributed by atoms with van der Waals surface area (Å²) < 4.78 is 5.13. The van der Waals surface area contributed by atoms with Gasteiger partial charge in [0.15, 0.2) is 0 Å². The van der Waals surface area contributed by atoms with E-state index in [1.807, 2.05) is 0 Å². The zero-order valence-corrected chi connectivity index (χ0v) is 10.5. The fraction of sp³-hybridized carbons (Fsp3) is 0.545. The van der Waals surface area contributed by atoms with Crippen LogP contribution in [-0.2, 0) is 16.1 Å². The van der Waals surface area contributed by atoms with Gasteiger partial charge >= 0.3 is 12.0 Å². The van der Waals surface area contributed by atoms with E-state index < -0.39 is 17.9 Å². The number of aromatic amines is 1. The molecule has 3 N–H and O–H groups in total. The number of hydrogen-bond donors (Lipinski definition) is 3. The average molecular weight is 268 g/mol. The lowest BCUT2D eigenvalue weighted by atomic mass is 10.0. The first-order chi connectivity index (χ1) is 9.09. The van der Waals surface area contributed by atoms with Crippen molar-refractivity contribution in [1.82, 2.24) is 20.2 Å². The minimum atomic E-state index is -0.951. The molecule has 1 saturated heterocycles. The summed E-state index contributed by atoms with van der Waals surface area (Å²) in [4.78, 5) is 31.2. The van der Waals surface area contributed by atoms with Gasteiger partial charge in [-0.1, -0.05) is 0 Å². The standard InChI is InChI=1S/C11H16N4O4/c1-15(8-6-19-5-7(8)10(16)17)11(18)14-4-9-12-2-3-13-9/h2-3,7-8H,4-6H2,1H3,(H,12,13)(H,14,18)(H,16,17). The van der Waals surface area contributed by atoms with Crippen LogP contribution in [0.15, 0.2) is 12.4 Å². The molecule has 0 saturated carbocycles. The number of carbonyl (C=O) groups excluding carboxylic acids is 1. The van der Waals surface area contributed by atoms with Gasteiger partial charge in [0.2, 0.25) is 0 Å². The van der Waals surface area contributed by atoms with Gasteiger partial charge in [0.25, 0.3) is 0 Å². The number of carbonyl (C=O) groups is 2. The van der Waals surface area contributed by atoms with E-state index >= 15 is 0 Å². The first-order valence-corrected chi connectivity index (χ1v) is 5.89. The maximum atomic E-state index is 11.9. The van der Waals surface area contributed by atoms with Crippen LogP contribution in [0.3, 0.4) is 0 Å². The van der Waals surface area contributed by atoms with Crippen LogP contribution in [0.25, 0.3) is 0 Å². The van der Waals surface area contributed by atoms with Gasteiger partial charge in [0.05, 0.1) is 25.8 Å². The summed E-state index contributed by atoms with van der Waals surface area (Å²) >= 11 is 0. The number of aromatic nitrogens is 2. The molecule has 0 bridgehead atoms. The third-order valence-electron chi connectivity index (χ3n) is 3.15. The molecule has 2 amide bonds. The minimum Gasteiger partial charge on any atom is -0.481 e. The highest BCUT2D eigenvalue weighted by molar-refractivity contribution is 5.77. The zero-order chi connectivity index (χ0) is 13.8. The van der Waals surface area contributed by atoms with Gasteiger partial charge in [-0.3, -0.25) is 4.79 Å². The Balaban J connectivity index is 1.89. The van der Waals surface area contributed by atoms with E-state index in [1.54, 1.807) is 19.4 Å². The van der Waals surface area contributed by atoms with Crippen molar-refractivity contribution in [3.63, 3.8) is 0 Å². The number of carboxylic acids is 1. The molecule has 0 aliphatic carbocycles. The third kappa shape index (κ3) is 3.02. The van der Waals surface area contributed by atoms with Crippen LogP contribution in [0.4, 0.5) is 4.79 Å². The zero-order valence-electron chi connectivity index (χ0n) is 10.5. The molecule has 1 aliphatic heterocycles. The molecule has 1 aromatic heterocycles. The van der Waals surface area contributed by atoms with E-state index in [-0.39, 0.29) is 25.8 Å². The lowest BCUT2D eigenvalue weighted by molar-refractivity contribution is -0.142. The number of H-pyrrole nitrogens is 1. The van der Waals surface area contributed by atoms with E-state index in [9.17, 15) is 9.59 Å². The lowest BCUT2D eigenvalue weighted by Crippen LogP contribution is -2.48. The molecule has 1 aliphatic rings. The van der Waals surface area contributed by atoms with Crippen molar-refractivity contribution in [1.29, 1.82) is 0 Å². The van der Waals surface area contributed by atoms with Crippen LogP contribution in [0.1, 0.15) is 5.82 Å². The van der Waals surface area contributed by atoms with Gasteiger partial charge in [0, 0.05) is 19.4 Å². The Morgan fingerprint density at radius 3 is 3.05 bits per heavy atom. The van der Waals surface area contributed by atoms with E-state index in [1.165, 1.54) is 4.90 Å². The summed E-state index contributed by atoms with van der Waals surface area (Å²) in [5, 5.41) is 11.7. The molecule has 1 aromatic rings. The van der Waals surface area contributed by atoms with Crippen LogP contribution in [-0.4, -0.2) is 58.3 Å². The number of hydrogen-bond acceptors (Lipinski definition) is 4. The number of amides is 2. The molecule has 19 heavy (non-hydrogen) atoms. The van der Waals surface area contributed by atoms with Gasteiger partial charge in [-0.15, -0.1) is 0 Å². The number of carboxylic acid groups (broad SMARTS) is 1. The molecule has 8 heteroatoms. The highest BCUT2D eigenvalue weighted by Gasteiger charge is 2.38. The van der Waals surface area contributed by atoms with Crippen molar-refractivity contribution in [3.8, 4) is 0 Å². The maximum absolute atomic E-state index is 11.9. The molecular formula is C11H16N4O4. The summed E-state index contributed by atoms with van der Waals surface area (Å²) in [6.45, 7) is 0.638. The molecule has 2 rings (SSSR count). The minimum absolute atomic E-state index is 0.135. The monoisotopic (exact) mass is 268 g/mol. The fourth-order valence-electron chi connectivity index (χ4n) is 1.99. The Kier molecular flexibility index (Phi) is 4.00. The van der Waals surface area contributed by atoms with E-state index in [4.69, 9.17) is 9.84 Å². The number of aliphatic carboxylic acids is 1. The highest BCUT2D eigenvalue weighted by atomic mass is 16.5. The lowest BCUT2D eigenvalue weighted by Gasteiger charge is -2.26. The fourth-order valence-corrected chi connectivity index (χ4v) is 1.99. The molecule has 104 valence electrons. The SMILES string of the molecule is CN(C(=O)NCc1ncc[nH]1)C1COCC1C(=O)O. The Morgan fingerprint density at radius 1 is 1.63 bits per heavy atom. The van der Waals surface area contributed by atoms with E-state index in [0.717, 1.165) is 0 Å². The van der Waals surface area contributed by atoms with Gasteiger partial charge in [-0.2, -0.15) is 0 Å². The second-order valence-electron chi connectivity index (χ2n) is 4.36. The van der Waals surface area contributed by atoms with Gasteiger partial charge < -0.3 is 25.0 Å². The van der Waals surface area contributed by atoms with Gasteiger partial charge in [0.1, 0.15) is 11.7 Å². The summed E-state index contributed by atoms with van der Waals surface area (Å²) in [5.74, 6) is -0.994. The number of likely N-dealkylation sites (N-methyl/N-ethyl adjacent to an activating group) is 1. The Hall–Kier alpha value is -2.09. The van der Waals surface area contributed by atoms with Crippen molar-refractivity contribution >= 4 is 12.0 Å². The molecule has 1 fully saturated rings. The average Bonchev–Trinajstić information content (AvgIpc) is 3.05. The quantitative estimate of drug-likeness (QED) is 0.692. The second-order valence-corrected chi connectivity index (χ2v) is 4.36. The summed E-state index contributed by atoms with van der Waals surface area (Å²) in [6.07, 6.45) is 3.26. The number of urea groups is 1. The van der Waals surface area contributed by atoms with Crippen LogP contribution in [0, 0.1) is 5.92 Å². The highest BCUT2D eigenvalue weighted by Crippen LogP contribution is 2.18. The summed E-state index contributed by atoms with van der Waals surface area (Å²) in [6, 6.07) is -0.799. The van der Waals surface area contributed by atoms with Crippen molar-refractivity contribution in [2.75, 3.05) is 20.3 Å². The van der Waals surface area contributed by atoms with Crippen molar-refractivity contribution in [2.45, 2.75) is 12.6 Å². The number of nitrogens with one attached hydrogen (secondary N) is 2. The van der Waals surface area contributed by atoms with Crippen molar-refractivity contribution in [3.05, 3.63) is 18.2 Å². The first kappa shape index (κ1) is 13.3. The van der Waals surface area contributed by atoms with Crippen LogP contribution in [0.2, 0.25) is 0 Å². The van der Waals surface area contributed by atoms with Gasteiger partial charge in [-0.05, 0) is 0 Å². The Bertz CT molecular complexity index is 448. The molecule has 2 heterocycles. The van der Waals surface area contributed by atoms with Crippen molar-refractivity contribution in [2.24, 2.45) is 5.92 Å². The number of rotatable bonds is 4. The topological polar surface area (TPSA) is 108 Å². The van der Waals surface area contributed by atoms with E-state index in [2.05, 4.69) is 15.3 Å². The molecule has 0 radical (unpaired) electrons. The second kappa shape index (κ2) is 5.70. The third-order valence-corrected chi connectivity index (χ3v) is 3.15. The van der Waals surface area contributed by atoms with Crippen LogP contribution in [0.5, 0.6) is 0 Å². The molecular weight excluding hydrogens is 252 g/mol. The predicted molar refractivity (Wildman–Crippen MR) is 64.3 cm³/mol. The number of ether oxygens (including phenoxy) is 1. The van der Waals surface area contributed by atoms with Crippen LogP contribution >= 0.6 is 0 Å². The molecule has 2 unspecified atom stereocenters. The Labute approximate surface area is 109 Å². The maximum Gasteiger partial charge on any atom is 0.317 e. The molecule has 8 nitrogen and oxygen atoms in total. The predicted octanol–water partition coefficient (Wildman–Crippen LogP) is -0.349. The summed E-state index contributed by atoms with van der Waals surface area (Å²) in [7, 11) is 1.56. The largest absolute Gasteiger partial charge is 0.481 e. The smallest absolute Gasteiger partial charge is 0.317 e. The van der Waals surface area contributed by atoms with Gasteiger partial charge in [-0.25, -0.2) is 9.78 Å². The number of nitrogens with zero attached hydrogens (tertiary/aromatic N) is 2. The van der Waals surface area contributed by atoms with Crippen molar-refractivity contribution < 1.29 is 19.4 Å². The Morgan fingerprint density at radius 2 is 2.42 bits per heavy atom. The van der Waals surface area contributed by atoms with Crippen LogP contribution < -0.4 is 5.32 Å². The number of imidazole rings is 1. The molecule has 0 spiro atoms.